The summed E-state index contributed by atoms with van der Waals surface area (Å²) >= 11 is 1.89. The van der Waals surface area contributed by atoms with Gasteiger partial charge in [-0.25, -0.2) is 0 Å². The lowest BCUT2D eigenvalue weighted by Gasteiger charge is -2.22. The maximum atomic E-state index is 4.80. The molecular weight excluding hydrogens is 192 g/mol. The highest BCUT2D eigenvalue weighted by atomic mass is 32.2. The molecule has 0 aromatic carbocycles. The van der Waals surface area contributed by atoms with Gasteiger partial charge in [-0.3, -0.25) is 4.99 Å². The largest absolute Gasteiger partial charge is 0.362 e. The van der Waals surface area contributed by atoms with E-state index in [0.29, 0.717) is 12.1 Å². The van der Waals surface area contributed by atoms with Gasteiger partial charge < -0.3 is 5.32 Å². The molecule has 1 saturated heterocycles. The maximum Gasteiger partial charge on any atom is 0.157 e. The molecule has 0 amide bonds. The van der Waals surface area contributed by atoms with Gasteiger partial charge in [-0.1, -0.05) is 18.7 Å². The Morgan fingerprint density at radius 3 is 2.79 bits per heavy atom. The number of rotatable bonds is 1. The van der Waals surface area contributed by atoms with Crippen LogP contribution in [0.25, 0.3) is 0 Å². The fourth-order valence-electron chi connectivity index (χ4n) is 2.19. The van der Waals surface area contributed by atoms with Crippen LogP contribution in [0.4, 0.5) is 0 Å². The van der Waals surface area contributed by atoms with Crippen molar-refractivity contribution in [2.45, 2.75) is 51.6 Å². The SMILES string of the molecule is CC1CCC(N=C2NC(C)CCS2)C1. The van der Waals surface area contributed by atoms with E-state index in [-0.39, 0.29) is 0 Å². The number of thioether (sulfide) groups is 1. The van der Waals surface area contributed by atoms with Gasteiger partial charge in [0.05, 0.1) is 6.04 Å². The summed E-state index contributed by atoms with van der Waals surface area (Å²) in [5.74, 6) is 2.12. The Kier molecular flexibility index (Phi) is 3.37. The third kappa shape index (κ3) is 2.66. The minimum atomic E-state index is 0.602. The number of aliphatic imine (C=N–C) groups is 1. The Balaban J connectivity index is 1.89. The summed E-state index contributed by atoms with van der Waals surface area (Å²) in [7, 11) is 0. The minimum absolute atomic E-state index is 0.602. The van der Waals surface area contributed by atoms with E-state index in [9.17, 15) is 0 Å². The van der Waals surface area contributed by atoms with Crippen molar-refractivity contribution in [3.05, 3.63) is 0 Å². The van der Waals surface area contributed by atoms with Crippen molar-refractivity contribution in [1.82, 2.24) is 5.32 Å². The molecule has 3 unspecified atom stereocenters. The molecule has 0 radical (unpaired) electrons. The molecular formula is C11H20N2S. The van der Waals surface area contributed by atoms with Gasteiger partial charge in [0, 0.05) is 11.8 Å². The summed E-state index contributed by atoms with van der Waals surface area (Å²) in [6.45, 7) is 4.58. The monoisotopic (exact) mass is 212 g/mol. The molecule has 0 spiro atoms. The van der Waals surface area contributed by atoms with Gasteiger partial charge in [-0.2, -0.15) is 0 Å². The van der Waals surface area contributed by atoms with Gasteiger partial charge in [0.2, 0.25) is 0 Å². The molecule has 1 saturated carbocycles. The summed E-state index contributed by atoms with van der Waals surface area (Å²) in [5.41, 5.74) is 0. The van der Waals surface area contributed by atoms with Gasteiger partial charge >= 0.3 is 0 Å². The highest BCUT2D eigenvalue weighted by Gasteiger charge is 2.22. The van der Waals surface area contributed by atoms with Crippen molar-refractivity contribution in [3.63, 3.8) is 0 Å². The van der Waals surface area contributed by atoms with E-state index in [1.165, 1.54) is 36.6 Å². The molecule has 2 aliphatic rings. The predicted molar refractivity (Wildman–Crippen MR) is 63.9 cm³/mol. The van der Waals surface area contributed by atoms with E-state index in [2.05, 4.69) is 19.2 Å². The topological polar surface area (TPSA) is 24.4 Å². The van der Waals surface area contributed by atoms with E-state index >= 15 is 0 Å². The van der Waals surface area contributed by atoms with Crippen molar-refractivity contribution >= 4 is 16.9 Å². The molecule has 0 aromatic rings. The van der Waals surface area contributed by atoms with Crippen LogP contribution in [-0.4, -0.2) is 23.0 Å². The zero-order valence-corrected chi connectivity index (χ0v) is 9.94. The second kappa shape index (κ2) is 4.56. The first-order chi connectivity index (χ1) is 6.74. The van der Waals surface area contributed by atoms with Crippen LogP contribution in [0.5, 0.6) is 0 Å². The lowest BCUT2D eigenvalue weighted by atomic mass is 10.1. The number of nitrogens with zero attached hydrogens (tertiary/aromatic N) is 1. The summed E-state index contributed by atoms with van der Waals surface area (Å²) in [5, 5.41) is 4.67. The number of amidine groups is 1. The lowest BCUT2D eigenvalue weighted by molar-refractivity contribution is 0.590. The van der Waals surface area contributed by atoms with Gasteiger partial charge in [0.1, 0.15) is 0 Å². The predicted octanol–water partition coefficient (Wildman–Crippen LogP) is 2.65. The van der Waals surface area contributed by atoms with Crippen LogP contribution in [0.15, 0.2) is 4.99 Å². The molecule has 0 bridgehead atoms. The van der Waals surface area contributed by atoms with E-state index < -0.39 is 0 Å². The molecule has 0 aromatic heterocycles. The van der Waals surface area contributed by atoms with Crippen LogP contribution in [0.3, 0.4) is 0 Å². The Bertz CT molecular complexity index is 227. The molecule has 80 valence electrons. The van der Waals surface area contributed by atoms with Crippen LogP contribution in [0, 0.1) is 5.92 Å². The second-order valence-corrected chi connectivity index (χ2v) is 5.77. The van der Waals surface area contributed by atoms with Crippen molar-refractivity contribution in [2.75, 3.05) is 5.75 Å². The second-order valence-electron chi connectivity index (χ2n) is 4.69. The van der Waals surface area contributed by atoms with Gasteiger partial charge in [-0.15, -0.1) is 0 Å². The molecule has 1 aliphatic heterocycles. The normalized spacial score (nSPS) is 41.3. The molecule has 2 rings (SSSR count). The van der Waals surface area contributed by atoms with Crippen LogP contribution >= 0.6 is 11.8 Å². The molecule has 14 heavy (non-hydrogen) atoms. The first-order valence-electron chi connectivity index (χ1n) is 5.71. The third-order valence-electron chi connectivity index (χ3n) is 3.13. The third-order valence-corrected chi connectivity index (χ3v) is 4.06. The fraction of sp³-hybridized carbons (Fsp3) is 0.909. The van der Waals surface area contributed by atoms with Gasteiger partial charge in [0.25, 0.3) is 0 Å². The van der Waals surface area contributed by atoms with Crippen LogP contribution in [0.1, 0.15) is 39.5 Å². The zero-order valence-electron chi connectivity index (χ0n) is 9.12. The Morgan fingerprint density at radius 2 is 2.14 bits per heavy atom. The van der Waals surface area contributed by atoms with Crippen LogP contribution in [-0.2, 0) is 0 Å². The molecule has 2 nitrogen and oxygen atoms in total. The zero-order chi connectivity index (χ0) is 9.97. The smallest absolute Gasteiger partial charge is 0.157 e. The lowest BCUT2D eigenvalue weighted by Crippen LogP contribution is -2.36. The molecule has 1 N–H and O–H groups in total. The quantitative estimate of drug-likeness (QED) is 0.722. The number of hydrogen-bond acceptors (Lipinski definition) is 2. The van der Waals surface area contributed by atoms with E-state index in [0.717, 1.165) is 5.92 Å². The molecule has 1 heterocycles. The number of nitrogens with one attached hydrogen (secondary N) is 1. The molecule has 3 heteroatoms. The summed E-state index contributed by atoms with van der Waals surface area (Å²) < 4.78 is 0. The van der Waals surface area contributed by atoms with Crippen molar-refractivity contribution < 1.29 is 0 Å². The Labute approximate surface area is 90.9 Å². The average molecular weight is 212 g/mol. The first kappa shape index (κ1) is 10.3. The first-order valence-corrected chi connectivity index (χ1v) is 6.69. The molecule has 2 fully saturated rings. The maximum absolute atomic E-state index is 4.80. The van der Waals surface area contributed by atoms with Crippen molar-refractivity contribution in [3.8, 4) is 0 Å². The fourth-order valence-corrected chi connectivity index (χ4v) is 3.36. The van der Waals surface area contributed by atoms with Crippen molar-refractivity contribution in [1.29, 1.82) is 0 Å². The summed E-state index contributed by atoms with van der Waals surface area (Å²) in [4.78, 5) is 4.80. The number of hydrogen-bond donors (Lipinski definition) is 1. The van der Waals surface area contributed by atoms with E-state index in [1.54, 1.807) is 0 Å². The highest BCUT2D eigenvalue weighted by Crippen LogP contribution is 2.28. The van der Waals surface area contributed by atoms with Crippen LogP contribution in [0.2, 0.25) is 0 Å². The average Bonchev–Trinajstić information content (AvgIpc) is 2.51. The summed E-state index contributed by atoms with van der Waals surface area (Å²) in [6.07, 6.45) is 5.22. The summed E-state index contributed by atoms with van der Waals surface area (Å²) in [6, 6.07) is 1.22. The van der Waals surface area contributed by atoms with E-state index in [4.69, 9.17) is 4.99 Å². The molecule has 3 atom stereocenters. The van der Waals surface area contributed by atoms with Crippen LogP contribution < -0.4 is 5.32 Å². The minimum Gasteiger partial charge on any atom is -0.362 e. The van der Waals surface area contributed by atoms with Gasteiger partial charge in [0.15, 0.2) is 5.17 Å². The standard InChI is InChI=1S/C11H20N2S/c1-8-3-4-10(7-8)13-11-12-9(2)5-6-14-11/h8-10H,3-7H2,1-2H3,(H,12,13). The Morgan fingerprint density at radius 1 is 1.29 bits per heavy atom. The highest BCUT2D eigenvalue weighted by molar-refractivity contribution is 8.13. The van der Waals surface area contributed by atoms with Gasteiger partial charge in [-0.05, 0) is 38.5 Å². The Hall–Kier alpha value is -0.180. The van der Waals surface area contributed by atoms with Crippen molar-refractivity contribution in [2.24, 2.45) is 10.9 Å². The van der Waals surface area contributed by atoms with E-state index in [1.807, 2.05) is 11.8 Å². The molecule has 1 aliphatic carbocycles.